The maximum atomic E-state index is 10.0. The lowest BCUT2D eigenvalue weighted by Gasteiger charge is -2.27. The molecule has 2 unspecified atom stereocenters. The molecule has 2 atom stereocenters. The van der Waals surface area contributed by atoms with Crippen LogP contribution in [0.5, 0.6) is 0 Å². The van der Waals surface area contributed by atoms with E-state index in [-0.39, 0.29) is 6.10 Å². The highest BCUT2D eigenvalue weighted by Crippen LogP contribution is 2.23. The molecule has 82 valence electrons. The highest BCUT2D eigenvalue weighted by atomic mass is 35.5. The molecule has 2 rings (SSSR count). The molecule has 1 aliphatic heterocycles. The van der Waals surface area contributed by atoms with Gasteiger partial charge in [0, 0.05) is 5.02 Å². The summed E-state index contributed by atoms with van der Waals surface area (Å²) in [6.07, 6.45) is -0.971. The Hall–Kier alpha value is -0.610. The summed E-state index contributed by atoms with van der Waals surface area (Å²) in [5.41, 5.74) is 0.762. The summed E-state index contributed by atoms with van der Waals surface area (Å²) in [5, 5.41) is 10.6. The number of rotatable bonds is 2. The van der Waals surface area contributed by atoms with E-state index in [1.54, 1.807) is 12.1 Å². The van der Waals surface area contributed by atoms with Crippen molar-refractivity contribution in [1.29, 1.82) is 0 Å². The van der Waals surface area contributed by atoms with Gasteiger partial charge in [-0.05, 0) is 17.7 Å². The molecule has 0 aromatic heterocycles. The van der Waals surface area contributed by atoms with Gasteiger partial charge in [-0.3, -0.25) is 0 Å². The van der Waals surface area contributed by atoms with Gasteiger partial charge in [-0.25, -0.2) is 0 Å². The number of benzene rings is 1. The van der Waals surface area contributed by atoms with E-state index in [0.29, 0.717) is 24.8 Å². The van der Waals surface area contributed by atoms with Crippen molar-refractivity contribution < 1.29 is 14.6 Å². The first-order chi connectivity index (χ1) is 7.27. The van der Waals surface area contributed by atoms with E-state index in [1.165, 1.54) is 0 Å². The number of hydrogen-bond donors (Lipinski definition) is 1. The molecule has 0 spiro atoms. The van der Waals surface area contributed by atoms with Gasteiger partial charge in [0.2, 0.25) is 0 Å². The maximum Gasteiger partial charge on any atom is 0.111 e. The van der Waals surface area contributed by atoms with Gasteiger partial charge in [0.1, 0.15) is 12.2 Å². The van der Waals surface area contributed by atoms with E-state index in [2.05, 4.69) is 0 Å². The molecule has 15 heavy (non-hydrogen) atoms. The van der Waals surface area contributed by atoms with Crippen LogP contribution in [0.25, 0.3) is 0 Å². The number of ether oxygens (including phenoxy) is 2. The normalized spacial score (nSPS) is 23.7. The van der Waals surface area contributed by atoms with Gasteiger partial charge in [0.25, 0.3) is 0 Å². The van der Waals surface area contributed by atoms with Gasteiger partial charge in [0.05, 0.1) is 19.8 Å². The van der Waals surface area contributed by atoms with Crippen LogP contribution in [-0.4, -0.2) is 31.0 Å². The first-order valence-corrected chi connectivity index (χ1v) is 5.28. The largest absolute Gasteiger partial charge is 0.386 e. The van der Waals surface area contributed by atoms with Crippen LogP contribution in [-0.2, 0) is 9.47 Å². The van der Waals surface area contributed by atoms with Crippen LogP contribution in [0.15, 0.2) is 24.3 Å². The summed E-state index contributed by atoms with van der Waals surface area (Å²) in [7, 11) is 0. The summed E-state index contributed by atoms with van der Waals surface area (Å²) in [5.74, 6) is 0. The zero-order valence-electron chi connectivity index (χ0n) is 8.23. The second-order valence-electron chi connectivity index (χ2n) is 3.48. The highest BCUT2D eigenvalue weighted by molar-refractivity contribution is 6.30. The lowest BCUT2D eigenvalue weighted by atomic mass is 10.0. The first kappa shape index (κ1) is 10.9. The van der Waals surface area contributed by atoms with Gasteiger partial charge in [-0.15, -0.1) is 0 Å². The fourth-order valence-corrected chi connectivity index (χ4v) is 1.79. The molecule has 3 nitrogen and oxygen atoms in total. The first-order valence-electron chi connectivity index (χ1n) is 4.90. The lowest BCUT2D eigenvalue weighted by molar-refractivity contribution is -0.133. The quantitative estimate of drug-likeness (QED) is 0.839. The summed E-state index contributed by atoms with van der Waals surface area (Å²) in [6.45, 7) is 1.55. The number of hydrogen-bond acceptors (Lipinski definition) is 3. The van der Waals surface area contributed by atoms with Crippen molar-refractivity contribution in [2.24, 2.45) is 0 Å². The molecular weight excluding hydrogens is 216 g/mol. The fourth-order valence-electron chi connectivity index (χ4n) is 1.59. The second kappa shape index (κ2) is 4.94. The Balaban J connectivity index is 2.08. The molecule has 1 heterocycles. The predicted molar refractivity (Wildman–Crippen MR) is 57.0 cm³/mol. The zero-order chi connectivity index (χ0) is 10.7. The van der Waals surface area contributed by atoms with Crippen LogP contribution >= 0.6 is 11.6 Å². The Morgan fingerprint density at radius 3 is 2.93 bits per heavy atom. The number of aliphatic hydroxyl groups excluding tert-OH is 1. The topological polar surface area (TPSA) is 38.7 Å². The van der Waals surface area contributed by atoms with Crippen molar-refractivity contribution in [3.05, 3.63) is 34.9 Å². The molecule has 0 aliphatic carbocycles. The van der Waals surface area contributed by atoms with Crippen molar-refractivity contribution >= 4 is 11.6 Å². The molecular formula is C11H13ClO3. The summed E-state index contributed by atoms with van der Waals surface area (Å²) < 4.78 is 10.7. The van der Waals surface area contributed by atoms with Gasteiger partial charge in [-0.2, -0.15) is 0 Å². The third kappa shape index (κ3) is 2.69. The van der Waals surface area contributed by atoms with Gasteiger partial charge >= 0.3 is 0 Å². The van der Waals surface area contributed by atoms with Crippen LogP contribution in [0, 0.1) is 0 Å². The van der Waals surface area contributed by atoms with Crippen LogP contribution in [0.1, 0.15) is 11.7 Å². The molecule has 1 saturated heterocycles. The van der Waals surface area contributed by atoms with Crippen molar-refractivity contribution in [2.75, 3.05) is 19.8 Å². The zero-order valence-corrected chi connectivity index (χ0v) is 8.98. The van der Waals surface area contributed by atoms with E-state index >= 15 is 0 Å². The molecule has 0 amide bonds. The summed E-state index contributed by atoms with van der Waals surface area (Å²) >= 11 is 5.84. The van der Waals surface area contributed by atoms with Crippen molar-refractivity contribution in [3.8, 4) is 0 Å². The van der Waals surface area contributed by atoms with Crippen molar-refractivity contribution in [2.45, 2.75) is 12.2 Å². The average Bonchev–Trinajstić information content (AvgIpc) is 2.29. The molecule has 1 fully saturated rings. The van der Waals surface area contributed by atoms with Crippen molar-refractivity contribution in [3.63, 3.8) is 0 Å². The molecule has 1 aromatic rings. The van der Waals surface area contributed by atoms with Crippen LogP contribution in [0.2, 0.25) is 5.02 Å². The van der Waals surface area contributed by atoms with Crippen molar-refractivity contribution in [1.82, 2.24) is 0 Å². The van der Waals surface area contributed by atoms with E-state index in [4.69, 9.17) is 21.1 Å². The second-order valence-corrected chi connectivity index (χ2v) is 3.92. The van der Waals surface area contributed by atoms with E-state index in [9.17, 15) is 5.11 Å². The Labute approximate surface area is 93.6 Å². The van der Waals surface area contributed by atoms with Crippen LogP contribution < -0.4 is 0 Å². The monoisotopic (exact) mass is 228 g/mol. The standard InChI is InChI=1S/C11H13ClO3/c12-9-3-1-2-8(6-9)11(13)10-7-14-4-5-15-10/h1-3,6,10-11,13H,4-5,7H2. The molecule has 0 bridgehead atoms. The Kier molecular flexibility index (Phi) is 3.59. The third-order valence-corrected chi connectivity index (χ3v) is 2.62. The smallest absolute Gasteiger partial charge is 0.111 e. The Morgan fingerprint density at radius 1 is 1.40 bits per heavy atom. The fraction of sp³-hybridized carbons (Fsp3) is 0.455. The molecule has 0 radical (unpaired) electrons. The van der Waals surface area contributed by atoms with E-state index in [0.717, 1.165) is 5.56 Å². The molecule has 1 N–H and O–H groups in total. The van der Waals surface area contributed by atoms with Crippen LogP contribution in [0.3, 0.4) is 0 Å². The number of aliphatic hydroxyl groups is 1. The number of halogens is 1. The summed E-state index contributed by atoms with van der Waals surface area (Å²) in [4.78, 5) is 0. The minimum absolute atomic E-state index is 0.294. The third-order valence-electron chi connectivity index (χ3n) is 2.38. The Morgan fingerprint density at radius 2 is 2.27 bits per heavy atom. The molecule has 4 heteroatoms. The maximum absolute atomic E-state index is 10.0. The minimum atomic E-state index is -0.677. The lowest BCUT2D eigenvalue weighted by Crippen LogP contribution is -2.33. The summed E-state index contributed by atoms with van der Waals surface area (Å²) in [6, 6.07) is 7.15. The highest BCUT2D eigenvalue weighted by Gasteiger charge is 2.24. The van der Waals surface area contributed by atoms with E-state index in [1.807, 2.05) is 12.1 Å². The average molecular weight is 229 g/mol. The predicted octanol–water partition coefficient (Wildman–Crippen LogP) is 1.79. The molecule has 1 aliphatic rings. The van der Waals surface area contributed by atoms with E-state index < -0.39 is 6.10 Å². The van der Waals surface area contributed by atoms with Gasteiger partial charge < -0.3 is 14.6 Å². The van der Waals surface area contributed by atoms with Gasteiger partial charge in [-0.1, -0.05) is 23.7 Å². The Bertz CT molecular complexity index is 323. The SMILES string of the molecule is OC(c1cccc(Cl)c1)C1COCCO1. The molecule has 0 saturated carbocycles. The van der Waals surface area contributed by atoms with Gasteiger partial charge in [0.15, 0.2) is 0 Å². The minimum Gasteiger partial charge on any atom is -0.386 e. The van der Waals surface area contributed by atoms with Crippen LogP contribution in [0.4, 0.5) is 0 Å². The molecule has 1 aromatic carbocycles.